The summed E-state index contributed by atoms with van der Waals surface area (Å²) in [5.74, 6) is 0.656. The molecule has 8 nitrogen and oxygen atoms in total. The van der Waals surface area contributed by atoms with E-state index < -0.39 is 5.91 Å². The monoisotopic (exact) mass is 424 g/mol. The molecule has 4 rings (SSSR count). The molecule has 2 amide bonds. The number of nitrogens with one attached hydrogen (secondary N) is 1. The summed E-state index contributed by atoms with van der Waals surface area (Å²) in [6.45, 7) is 7.15. The van der Waals surface area contributed by atoms with Crippen molar-refractivity contribution in [1.29, 1.82) is 0 Å². The van der Waals surface area contributed by atoms with Crippen LogP contribution in [0.5, 0.6) is 0 Å². The molecule has 2 aromatic heterocycles. The smallest absolute Gasteiger partial charge is 0.291 e. The number of hydrogen-bond acceptors (Lipinski definition) is 6. The van der Waals surface area contributed by atoms with Crippen LogP contribution in [0.15, 0.2) is 22.7 Å². The van der Waals surface area contributed by atoms with Crippen LogP contribution in [0.25, 0.3) is 0 Å². The van der Waals surface area contributed by atoms with Crippen LogP contribution in [0.2, 0.25) is 0 Å². The van der Waals surface area contributed by atoms with E-state index in [9.17, 15) is 14.4 Å². The molecule has 1 saturated heterocycles. The van der Waals surface area contributed by atoms with Crippen molar-refractivity contribution >= 4 is 29.1 Å². The molecule has 1 aliphatic carbocycles. The van der Waals surface area contributed by atoms with E-state index in [0.29, 0.717) is 42.0 Å². The van der Waals surface area contributed by atoms with Crippen molar-refractivity contribution in [2.45, 2.75) is 46.5 Å². The first-order valence-corrected chi connectivity index (χ1v) is 10.6. The fraction of sp³-hybridized carbons (Fsp3) is 0.478. The summed E-state index contributed by atoms with van der Waals surface area (Å²) in [5, 5.41) is 2.80. The molecule has 2 aliphatic rings. The summed E-state index contributed by atoms with van der Waals surface area (Å²) >= 11 is 0. The number of furan rings is 1. The summed E-state index contributed by atoms with van der Waals surface area (Å²) in [7, 11) is 0. The number of hydrogen-bond donors (Lipinski definition) is 2. The normalized spacial score (nSPS) is 20.3. The molecule has 0 spiro atoms. The highest BCUT2D eigenvalue weighted by Gasteiger charge is 2.37. The van der Waals surface area contributed by atoms with Crippen molar-refractivity contribution < 1.29 is 18.8 Å². The minimum atomic E-state index is -0.404. The lowest BCUT2D eigenvalue weighted by molar-refractivity contribution is -0.122. The summed E-state index contributed by atoms with van der Waals surface area (Å²) < 4.78 is 5.82. The van der Waals surface area contributed by atoms with Gasteiger partial charge in [0.2, 0.25) is 5.91 Å². The van der Waals surface area contributed by atoms with Gasteiger partial charge in [0.1, 0.15) is 11.6 Å². The van der Waals surface area contributed by atoms with Gasteiger partial charge in [0.15, 0.2) is 11.5 Å². The van der Waals surface area contributed by atoms with Gasteiger partial charge < -0.3 is 20.4 Å². The van der Waals surface area contributed by atoms with Crippen LogP contribution in [0.1, 0.15) is 65.3 Å². The summed E-state index contributed by atoms with van der Waals surface area (Å²) in [6.07, 6.45) is 4.33. The van der Waals surface area contributed by atoms with E-state index in [1.165, 1.54) is 0 Å². The number of amides is 2. The number of nitrogens with zero attached hydrogens (tertiary/aromatic N) is 2. The molecule has 1 aliphatic heterocycles. The van der Waals surface area contributed by atoms with Gasteiger partial charge in [0, 0.05) is 31.5 Å². The third-order valence-corrected chi connectivity index (χ3v) is 6.14. The number of ketones is 1. The highest BCUT2D eigenvalue weighted by atomic mass is 16.4. The molecule has 164 valence electrons. The maximum Gasteiger partial charge on any atom is 0.291 e. The third kappa shape index (κ3) is 4.19. The molecule has 0 radical (unpaired) electrons. The first-order valence-electron chi connectivity index (χ1n) is 10.6. The van der Waals surface area contributed by atoms with Gasteiger partial charge in [-0.25, -0.2) is 4.98 Å². The second kappa shape index (κ2) is 7.83. The molecular formula is C23H28N4O4. The van der Waals surface area contributed by atoms with Gasteiger partial charge in [-0.3, -0.25) is 14.4 Å². The number of aromatic nitrogens is 1. The molecule has 1 atom stereocenters. The number of Topliss-reactive ketones (excluding diaryl/α,β-unsaturated/α-hetero) is 1. The Morgan fingerprint density at radius 2 is 2.06 bits per heavy atom. The Morgan fingerprint density at radius 3 is 2.74 bits per heavy atom. The van der Waals surface area contributed by atoms with Gasteiger partial charge in [-0.1, -0.05) is 13.8 Å². The largest absolute Gasteiger partial charge is 0.455 e. The number of anilines is 2. The topological polar surface area (TPSA) is 119 Å². The molecule has 8 heteroatoms. The number of pyridine rings is 1. The number of piperidine rings is 1. The molecule has 3 N–H and O–H groups in total. The van der Waals surface area contributed by atoms with Crippen molar-refractivity contribution in [1.82, 2.24) is 4.98 Å². The second-order valence-corrected chi connectivity index (χ2v) is 9.34. The van der Waals surface area contributed by atoms with Crippen molar-refractivity contribution in [3.05, 3.63) is 41.0 Å². The van der Waals surface area contributed by atoms with Crippen LogP contribution in [-0.2, 0) is 11.2 Å². The fourth-order valence-electron chi connectivity index (χ4n) is 4.55. The predicted molar refractivity (Wildman–Crippen MR) is 116 cm³/mol. The van der Waals surface area contributed by atoms with Gasteiger partial charge in [0.25, 0.3) is 5.91 Å². The minimum absolute atomic E-state index is 0.0216. The van der Waals surface area contributed by atoms with E-state index in [1.54, 1.807) is 19.2 Å². The maximum absolute atomic E-state index is 12.8. The first-order chi connectivity index (χ1) is 14.6. The van der Waals surface area contributed by atoms with Crippen molar-refractivity contribution in [3.63, 3.8) is 0 Å². The first kappa shape index (κ1) is 21.1. The molecule has 0 aromatic carbocycles. The molecule has 3 heterocycles. The zero-order valence-electron chi connectivity index (χ0n) is 18.2. The van der Waals surface area contributed by atoms with Gasteiger partial charge in [-0.2, -0.15) is 0 Å². The van der Waals surface area contributed by atoms with E-state index in [4.69, 9.17) is 10.2 Å². The Labute approximate surface area is 181 Å². The number of nitrogens with two attached hydrogens (primary N) is 1. The highest BCUT2D eigenvalue weighted by Crippen LogP contribution is 2.38. The van der Waals surface area contributed by atoms with E-state index in [-0.39, 0.29) is 28.8 Å². The van der Waals surface area contributed by atoms with E-state index in [2.05, 4.69) is 10.3 Å². The maximum atomic E-state index is 12.8. The molecule has 0 bridgehead atoms. The predicted octanol–water partition coefficient (Wildman–Crippen LogP) is 3.09. The van der Waals surface area contributed by atoms with E-state index in [1.807, 2.05) is 24.8 Å². The van der Waals surface area contributed by atoms with Crippen LogP contribution >= 0.6 is 0 Å². The average molecular weight is 425 g/mol. The highest BCUT2D eigenvalue weighted by molar-refractivity contribution is 6.07. The summed E-state index contributed by atoms with van der Waals surface area (Å²) in [6, 6.07) is 3.58. The van der Waals surface area contributed by atoms with Crippen molar-refractivity contribution in [2.24, 2.45) is 17.1 Å². The second-order valence-electron chi connectivity index (χ2n) is 9.34. The van der Waals surface area contributed by atoms with Gasteiger partial charge in [-0.05, 0) is 37.3 Å². The van der Waals surface area contributed by atoms with Crippen LogP contribution in [0.4, 0.5) is 11.5 Å². The van der Waals surface area contributed by atoms with Crippen LogP contribution in [-0.4, -0.2) is 35.7 Å². The Balaban J connectivity index is 1.48. The quantitative estimate of drug-likeness (QED) is 0.779. The Morgan fingerprint density at radius 1 is 1.29 bits per heavy atom. The Hall–Kier alpha value is -3.16. The van der Waals surface area contributed by atoms with Gasteiger partial charge in [0.05, 0.1) is 23.4 Å². The number of carbonyl (C=O) groups is 3. The fourth-order valence-corrected chi connectivity index (χ4v) is 4.55. The molecule has 2 aromatic rings. The Kier molecular flexibility index (Phi) is 5.33. The summed E-state index contributed by atoms with van der Waals surface area (Å²) in [5.41, 5.74) is 6.93. The molecular weight excluding hydrogens is 396 g/mol. The lowest BCUT2D eigenvalue weighted by Crippen LogP contribution is -2.41. The van der Waals surface area contributed by atoms with E-state index in [0.717, 1.165) is 25.2 Å². The van der Waals surface area contributed by atoms with Crippen LogP contribution in [0, 0.1) is 18.3 Å². The number of rotatable bonds is 4. The summed E-state index contributed by atoms with van der Waals surface area (Å²) in [4.78, 5) is 43.3. The SMILES string of the molecule is Cc1c(C(=O)Nc2ccc(N3CCCC(C(N)=O)C3)nc2)oc2c1C(=O)CC(C)(C)C2. The van der Waals surface area contributed by atoms with Gasteiger partial charge >= 0.3 is 0 Å². The molecule has 0 saturated carbocycles. The standard InChI is InChI=1S/C23H28N4O4/c1-13-19-16(28)9-23(2,3)10-17(19)31-20(13)22(30)26-15-6-7-18(25-11-15)27-8-4-5-14(12-27)21(24)29/h6-7,11,14H,4-5,8-10,12H2,1-3H3,(H2,24,29)(H,26,30). The zero-order valence-corrected chi connectivity index (χ0v) is 18.2. The van der Waals surface area contributed by atoms with Crippen molar-refractivity contribution in [2.75, 3.05) is 23.3 Å². The molecule has 1 unspecified atom stereocenters. The minimum Gasteiger partial charge on any atom is -0.455 e. The molecule has 31 heavy (non-hydrogen) atoms. The van der Waals surface area contributed by atoms with E-state index >= 15 is 0 Å². The molecule has 1 fully saturated rings. The Bertz CT molecular complexity index is 1040. The third-order valence-electron chi connectivity index (χ3n) is 6.14. The zero-order chi connectivity index (χ0) is 22.3. The van der Waals surface area contributed by atoms with Crippen LogP contribution in [0.3, 0.4) is 0 Å². The number of primary amides is 1. The van der Waals surface area contributed by atoms with Crippen LogP contribution < -0.4 is 16.0 Å². The number of carbonyl (C=O) groups excluding carboxylic acids is 3. The lowest BCUT2D eigenvalue weighted by atomic mass is 9.76. The lowest BCUT2D eigenvalue weighted by Gasteiger charge is -2.32. The van der Waals surface area contributed by atoms with Crippen molar-refractivity contribution in [3.8, 4) is 0 Å². The number of fused-ring (bicyclic) bond motifs is 1. The average Bonchev–Trinajstić information content (AvgIpc) is 3.04. The van der Waals surface area contributed by atoms with Gasteiger partial charge in [-0.15, -0.1) is 0 Å².